The van der Waals surface area contributed by atoms with Crippen LogP contribution in [-0.2, 0) is 11.3 Å². The SMILES string of the molecule is CN(CCC(=O)Nc1ccccc1N)Cc1cccnc1. The van der Waals surface area contributed by atoms with Gasteiger partial charge in [0, 0.05) is 31.9 Å². The smallest absolute Gasteiger partial charge is 0.225 e. The van der Waals surface area contributed by atoms with Crippen LogP contribution in [0.1, 0.15) is 12.0 Å². The Bertz CT molecular complexity index is 586. The monoisotopic (exact) mass is 284 g/mol. The molecule has 5 nitrogen and oxygen atoms in total. The Balaban J connectivity index is 1.77. The predicted molar refractivity (Wildman–Crippen MR) is 84.7 cm³/mol. The summed E-state index contributed by atoms with van der Waals surface area (Å²) in [6, 6.07) is 11.2. The van der Waals surface area contributed by atoms with Gasteiger partial charge in [0.25, 0.3) is 0 Å². The summed E-state index contributed by atoms with van der Waals surface area (Å²) >= 11 is 0. The number of benzene rings is 1. The molecule has 0 radical (unpaired) electrons. The maximum Gasteiger partial charge on any atom is 0.225 e. The number of amides is 1. The second kappa shape index (κ2) is 7.40. The molecule has 21 heavy (non-hydrogen) atoms. The highest BCUT2D eigenvalue weighted by atomic mass is 16.1. The number of anilines is 2. The average Bonchev–Trinajstić information content (AvgIpc) is 2.49. The number of nitrogen functional groups attached to an aromatic ring is 1. The fourth-order valence-electron chi connectivity index (χ4n) is 2.00. The highest BCUT2D eigenvalue weighted by molar-refractivity contribution is 5.93. The molecule has 0 aliphatic heterocycles. The van der Waals surface area contributed by atoms with Crippen LogP contribution in [0.25, 0.3) is 0 Å². The minimum atomic E-state index is -0.0362. The molecule has 0 bridgehead atoms. The molecule has 1 aromatic carbocycles. The van der Waals surface area contributed by atoms with Crippen molar-refractivity contribution in [3.8, 4) is 0 Å². The van der Waals surface area contributed by atoms with E-state index < -0.39 is 0 Å². The number of para-hydroxylation sites is 2. The summed E-state index contributed by atoms with van der Waals surface area (Å²) in [5.41, 5.74) is 8.17. The number of hydrogen-bond acceptors (Lipinski definition) is 4. The van der Waals surface area contributed by atoms with Gasteiger partial charge in [0.15, 0.2) is 0 Å². The fraction of sp³-hybridized carbons (Fsp3) is 0.250. The van der Waals surface area contributed by atoms with E-state index in [1.165, 1.54) is 0 Å². The number of aromatic nitrogens is 1. The van der Waals surface area contributed by atoms with Crippen LogP contribution in [0.15, 0.2) is 48.8 Å². The van der Waals surface area contributed by atoms with Gasteiger partial charge in [-0.2, -0.15) is 0 Å². The molecule has 0 aliphatic rings. The van der Waals surface area contributed by atoms with Crippen LogP contribution in [-0.4, -0.2) is 29.4 Å². The van der Waals surface area contributed by atoms with Gasteiger partial charge in [0.05, 0.1) is 11.4 Å². The molecular weight excluding hydrogens is 264 g/mol. The summed E-state index contributed by atoms with van der Waals surface area (Å²) in [5.74, 6) is -0.0362. The van der Waals surface area contributed by atoms with Crippen molar-refractivity contribution in [3.63, 3.8) is 0 Å². The van der Waals surface area contributed by atoms with Gasteiger partial charge in [-0.3, -0.25) is 9.78 Å². The number of carbonyl (C=O) groups is 1. The van der Waals surface area contributed by atoms with Gasteiger partial charge >= 0.3 is 0 Å². The lowest BCUT2D eigenvalue weighted by Gasteiger charge is -2.16. The molecule has 0 spiro atoms. The number of nitrogens with zero attached hydrogens (tertiary/aromatic N) is 2. The average molecular weight is 284 g/mol. The van der Waals surface area contributed by atoms with Gasteiger partial charge < -0.3 is 16.0 Å². The number of pyridine rings is 1. The van der Waals surface area contributed by atoms with Gasteiger partial charge in [-0.05, 0) is 30.8 Å². The van der Waals surface area contributed by atoms with Gasteiger partial charge in [-0.1, -0.05) is 18.2 Å². The fourth-order valence-corrected chi connectivity index (χ4v) is 2.00. The van der Waals surface area contributed by atoms with Crippen molar-refractivity contribution in [3.05, 3.63) is 54.4 Å². The van der Waals surface area contributed by atoms with Crippen molar-refractivity contribution in [1.29, 1.82) is 0 Å². The zero-order chi connectivity index (χ0) is 15.1. The number of carbonyl (C=O) groups excluding carboxylic acids is 1. The van der Waals surface area contributed by atoms with Gasteiger partial charge in [0.2, 0.25) is 5.91 Å². The molecule has 0 saturated heterocycles. The molecule has 0 atom stereocenters. The Morgan fingerprint density at radius 2 is 2.10 bits per heavy atom. The van der Waals surface area contributed by atoms with E-state index in [9.17, 15) is 4.79 Å². The minimum Gasteiger partial charge on any atom is -0.397 e. The largest absolute Gasteiger partial charge is 0.397 e. The molecule has 0 saturated carbocycles. The van der Waals surface area contributed by atoms with Crippen LogP contribution in [0.2, 0.25) is 0 Å². The summed E-state index contributed by atoms with van der Waals surface area (Å²) in [4.78, 5) is 18.1. The summed E-state index contributed by atoms with van der Waals surface area (Å²) in [5, 5.41) is 2.83. The van der Waals surface area contributed by atoms with Gasteiger partial charge in [0.1, 0.15) is 0 Å². The van der Waals surface area contributed by atoms with Crippen LogP contribution < -0.4 is 11.1 Å². The third kappa shape index (κ3) is 4.89. The lowest BCUT2D eigenvalue weighted by Crippen LogP contribution is -2.24. The Hall–Kier alpha value is -2.40. The lowest BCUT2D eigenvalue weighted by atomic mass is 10.2. The van der Waals surface area contributed by atoms with Crippen LogP contribution in [0.4, 0.5) is 11.4 Å². The number of nitrogens with two attached hydrogens (primary N) is 1. The first kappa shape index (κ1) is 15.0. The summed E-state index contributed by atoms with van der Waals surface area (Å²) in [6.07, 6.45) is 4.01. The first-order valence-electron chi connectivity index (χ1n) is 6.87. The van der Waals surface area contributed by atoms with Crippen molar-refractivity contribution in [2.45, 2.75) is 13.0 Å². The van der Waals surface area contributed by atoms with Crippen LogP contribution >= 0.6 is 0 Å². The van der Waals surface area contributed by atoms with E-state index in [1.807, 2.05) is 37.5 Å². The Morgan fingerprint density at radius 3 is 2.81 bits per heavy atom. The van der Waals surface area contributed by atoms with Crippen LogP contribution in [0.3, 0.4) is 0 Å². The maximum absolute atomic E-state index is 11.9. The van der Waals surface area contributed by atoms with E-state index in [4.69, 9.17) is 5.73 Å². The van der Waals surface area contributed by atoms with E-state index in [-0.39, 0.29) is 5.91 Å². The molecule has 1 aromatic heterocycles. The number of hydrogen-bond donors (Lipinski definition) is 2. The molecule has 110 valence electrons. The minimum absolute atomic E-state index is 0.0362. The molecule has 5 heteroatoms. The van der Waals surface area contributed by atoms with Crippen LogP contribution in [0, 0.1) is 0 Å². The summed E-state index contributed by atoms with van der Waals surface area (Å²) in [6.45, 7) is 1.45. The molecule has 3 N–H and O–H groups in total. The summed E-state index contributed by atoms with van der Waals surface area (Å²) in [7, 11) is 1.98. The highest BCUT2D eigenvalue weighted by Gasteiger charge is 2.07. The molecule has 1 amide bonds. The van der Waals surface area contributed by atoms with E-state index in [0.717, 1.165) is 12.1 Å². The van der Waals surface area contributed by atoms with Crippen LogP contribution in [0.5, 0.6) is 0 Å². The molecule has 0 aliphatic carbocycles. The Labute approximate surface area is 124 Å². The van der Waals surface area contributed by atoms with Gasteiger partial charge in [-0.15, -0.1) is 0 Å². The van der Waals surface area contributed by atoms with Crippen molar-refractivity contribution < 1.29 is 4.79 Å². The lowest BCUT2D eigenvalue weighted by molar-refractivity contribution is -0.116. The maximum atomic E-state index is 11.9. The first-order valence-corrected chi connectivity index (χ1v) is 6.87. The second-order valence-corrected chi connectivity index (χ2v) is 4.98. The topological polar surface area (TPSA) is 71.2 Å². The molecule has 0 fully saturated rings. The molecule has 1 heterocycles. The third-order valence-corrected chi connectivity index (χ3v) is 3.13. The standard InChI is InChI=1S/C16H20N4O/c1-20(12-13-5-4-9-18-11-13)10-8-16(21)19-15-7-3-2-6-14(15)17/h2-7,9,11H,8,10,12,17H2,1H3,(H,19,21). The second-order valence-electron chi connectivity index (χ2n) is 4.98. The summed E-state index contributed by atoms with van der Waals surface area (Å²) < 4.78 is 0. The third-order valence-electron chi connectivity index (χ3n) is 3.13. The number of nitrogens with one attached hydrogen (secondary N) is 1. The molecular formula is C16H20N4O. The number of rotatable bonds is 6. The highest BCUT2D eigenvalue weighted by Crippen LogP contribution is 2.16. The zero-order valence-corrected chi connectivity index (χ0v) is 12.1. The van der Waals surface area contributed by atoms with Crippen molar-refractivity contribution in [2.75, 3.05) is 24.6 Å². The van der Waals surface area contributed by atoms with E-state index in [2.05, 4.69) is 15.2 Å². The first-order chi connectivity index (χ1) is 10.1. The normalized spacial score (nSPS) is 10.6. The van der Waals surface area contributed by atoms with E-state index in [1.54, 1.807) is 18.3 Å². The van der Waals surface area contributed by atoms with Gasteiger partial charge in [-0.25, -0.2) is 0 Å². The molecule has 2 aromatic rings. The Kier molecular flexibility index (Phi) is 5.29. The Morgan fingerprint density at radius 1 is 1.29 bits per heavy atom. The van der Waals surface area contributed by atoms with Crippen molar-refractivity contribution in [2.24, 2.45) is 0 Å². The predicted octanol–water partition coefficient (Wildman–Crippen LogP) is 2.12. The van der Waals surface area contributed by atoms with E-state index >= 15 is 0 Å². The molecule has 2 rings (SSSR count). The van der Waals surface area contributed by atoms with Crippen molar-refractivity contribution >= 4 is 17.3 Å². The van der Waals surface area contributed by atoms with E-state index in [0.29, 0.717) is 24.3 Å². The molecule has 0 unspecified atom stereocenters. The quantitative estimate of drug-likeness (QED) is 0.797. The van der Waals surface area contributed by atoms with Crippen molar-refractivity contribution in [1.82, 2.24) is 9.88 Å². The zero-order valence-electron chi connectivity index (χ0n) is 12.1.